The van der Waals surface area contributed by atoms with Gasteiger partial charge in [-0.2, -0.15) is 0 Å². The maximum absolute atomic E-state index is 11.0. The molecule has 0 saturated carbocycles. The fourth-order valence-corrected chi connectivity index (χ4v) is 2.53. The predicted molar refractivity (Wildman–Crippen MR) is 68.6 cm³/mol. The Balaban J connectivity index is 2.01. The Morgan fingerprint density at radius 2 is 2.22 bits per heavy atom. The molecule has 1 aliphatic rings. The van der Waals surface area contributed by atoms with E-state index in [1.807, 2.05) is 0 Å². The van der Waals surface area contributed by atoms with E-state index >= 15 is 0 Å². The van der Waals surface area contributed by atoms with E-state index in [0.29, 0.717) is 12.0 Å². The van der Waals surface area contributed by atoms with E-state index in [0.717, 1.165) is 25.1 Å². The van der Waals surface area contributed by atoms with Crippen molar-refractivity contribution in [2.75, 3.05) is 13.1 Å². The van der Waals surface area contributed by atoms with Crippen molar-refractivity contribution >= 4 is 5.97 Å². The monoisotopic (exact) mass is 251 g/mol. The summed E-state index contributed by atoms with van der Waals surface area (Å²) in [5.74, 6) is -0.899. The summed E-state index contributed by atoms with van der Waals surface area (Å²) < 4.78 is 5.01. The van der Waals surface area contributed by atoms with Crippen LogP contribution in [0.5, 0.6) is 0 Å². The largest absolute Gasteiger partial charge is 0.475 e. The van der Waals surface area contributed by atoms with Crippen LogP contribution in [0.15, 0.2) is 16.7 Å². The first-order valence-electron chi connectivity index (χ1n) is 6.50. The average molecular weight is 251 g/mol. The molecule has 4 nitrogen and oxygen atoms in total. The molecule has 0 aliphatic carbocycles. The molecule has 1 aromatic rings. The first-order chi connectivity index (χ1) is 8.48. The Bertz CT molecular complexity index is 422. The van der Waals surface area contributed by atoms with Gasteiger partial charge in [-0.1, -0.05) is 13.8 Å². The third-order valence-corrected chi connectivity index (χ3v) is 3.77. The van der Waals surface area contributed by atoms with Crippen molar-refractivity contribution in [3.63, 3.8) is 0 Å². The third-order valence-electron chi connectivity index (χ3n) is 3.77. The molecular formula is C14H21NO3. The van der Waals surface area contributed by atoms with Crippen molar-refractivity contribution in [2.24, 2.45) is 5.41 Å². The molecule has 0 amide bonds. The summed E-state index contributed by atoms with van der Waals surface area (Å²) in [4.78, 5) is 13.3. The zero-order valence-electron chi connectivity index (χ0n) is 11.1. The molecule has 0 atom stereocenters. The van der Waals surface area contributed by atoms with E-state index in [1.54, 1.807) is 6.07 Å². The summed E-state index contributed by atoms with van der Waals surface area (Å²) in [5.41, 5.74) is 1.18. The number of nitrogens with zero attached hydrogens (tertiary/aromatic N) is 1. The second kappa shape index (κ2) is 5.14. The van der Waals surface area contributed by atoms with Gasteiger partial charge in [-0.15, -0.1) is 0 Å². The number of carboxylic acids is 1. The smallest absolute Gasteiger partial charge is 0.372 e. The van der Waals surface area contributed by atoms with Crippen molar-refractivity contribution in [1.29, 1.82) is 0 Å². The molecule has 0 aromatic carbocycles. The fourth-order valence-electron chi connectivity index (χ4n) is 2.53. The van der Waals surface area contributed by atoms with Crippen molar-refractivity contribution in [3.8, 4) is 0 Å². The minimum Gasteiger partial charge on any atom is -0.475 e. The summed E-state index contributed by atoms with van der Waals surface area (Å²) in [6.45, 7) is 7.34. The number of carbonyl (C=O) groups is 1. The van der Waals surface area contributed by atoms with Gasteiger partial charge in [0.2, 0.25) is 5.76 Å². The second-order valence-corrected chi connectivity index (χ2v) is 5.87. The SMILES string of the molecule is CC1(C)CCCN(Cc2ccoc2C(=O)O)CC1. The first-order valence-corrected chi connectivity index (χ1v) is 6.50. The van der Waals surface area contributed by atoms with E-state index in [2.05, 4.69) is 18.7 Å². The number of carboxylic acid groups (broad SMARTS) is 1. The van der Waals surface area contributed by atoms with Crippen LogP contribution in [0.2, 0.25) is 0 Å². The zero-order valence-corrected chi connectivity index (χ0v) is 11.1. The molecule has 1 fully saturated rings. The van der Waals surface area contributed by atoms with Crippen LogP contribution < -0.4 is 0 Å². The number of furan rings is 1. The number of hydrogen-bond donors (Lipinski definition) is 1. The van der Waals surface area contributed by atoms with E-state index < -0.39 is 5.97 Å². The summed E-state index contributed by atoms with van der Waals surface area (Å²) >= 11 is 0. The normalized spacial score (nSPS) is 20.6. The van der Waals surface area contributed by atoms with Crippen molar-refractivity contribution in [3.05, 3.63) is 23.7 Å². The number of rotatable bonds is 3. The molecule has 100 valence electrons. The van der Waals surface area contributed by atoms with Crippen LogP contribution in [0.1, 0.15) is 49.2 Å². The molecule has 1 N–H and O–H groups in total. The first kappa shape index (κ1) is 13.1. The van der Waals surface area contributed by atoms with E-state index in [-0.39, 0.29) is 5.76 Å². The molecule has 2 rings (SSSR count). The molecule has 1 aliphatic heterocycles. The summed E-state index contributed by atoms with van der Waals surface area (Å²) in [5, 5.41) is 9.01. The maximum Gasteiger partial charge on any atom is 0.372 e. The molecule has 1 aromatic heterocycles. The molecule has 1 saturated heterocycles. The average Bonchev–Trinajstić information content (AvgIpc) is 2.66. The molecule has 0 bridgehead atoms. The van der Waals surface area contributed by atoms with Gasteiger partial charge in [-0.05, 0) is 43.8 Å². The highest BCUT2D eigenvalue weighted by Crippen LogP contribution is 2.30. The van der Waals surface area contributed by atoms with Crippen LogP contribution in [-0.2, 0) is 6.54 Å². The van der Waals surface area contributed by atoms with Crippen molar-refractivity contribution in [2.45, 2.75) is 39.7 Å². The highest BCUT2D eigenvalue weighted by atomic mass is 16.4. The Morgan fingerprint density at radius 3 is 2.94 bits per heavy atom. The molecule has 4 heteroatoms. The standard InChI is InChI=1S/C14H21NO3/c1-14(2)5-3-7-15(8-6-14)10-11-4-9-18-12(11)13(16)17/h4,9H,3,5-8,10H2,1-2H3,(H,16,17). The Kier molecular flexibility index (Phi) is 3.76. The predicted octanol–water partition coefficient (Wildman–Crippen LogP) is 2.99. The number of likely N-dealkylation sites (tertiary alicyclic amines) is 1. The lowest BCUT2D eigenvalue weighted by atomic mass is 9.85. The van der Waals surface area contributed by atoms with E-state index in [4.69, 9.17) is 9.52 Å². The van der Waals surface area contributed by atoms with E-state index in [9.17, 15) is 4.79 Å². The van der Waals surface area contributed by atoms with Gasteiger partial charge in [0.15, 0.2) is 0 Å². The Hall–Kier alpha value is -1.29. The van der Waals surface area contributed by atoms with Gasteiger partial charge in [0.05, 0.1) is 6.26 Å². The van der Waals surface area contributed by atoms with Crippen molar-refractivity contribution < 1.29 is 14.3 Å². The van der Waals surface area contributed by atoms with Crippen LogP contribution >= 0.6 is 0 Å². The van der Waals surface area contributed by atoms with E-state index in [1.165, 1.54) is 19.1 Å². The third kappa shape index (κ3) is 3.13. The summed E-state index contributed by atoms with van der Waals surface area (Å²) in [7, 11) is 0. The Labute approximate surface area is 108 Å². The topological polar surface area (TPSA) is 53.7 Å². The van der Waals surface area contributed by atoms with Crippen molar-refractivity contribution in [1.82, 2.24) is 4.90 Å². The van der Waals surface area contributed by atoms with Gasteiger partial charge >= 0.3 is 5.97 Å². The van der Waals surface area contributed by atoms with Crippen LogP contribution in [0, 0.1) is 5.41 Å². The molecular weight excluding hydrogens is 230 g/mol. The molecule has 2 heterocycles. The van der Waals surface area contributed by atoms with Crippen LogP contribution in [0.25, 0.3) is 0 Å². The molecule has 0 radical (unpaired) electrons. The van der Waals surface area contributed by atoms with Gasteiger partial charge in [0, 0.05) is 12.1 Å². The van der Waals surface area contributed by atoms with Gasteiger partial charge in [-0.25, -0.2) is 4.79 Å². The Morgan fingerprint density at radius 1 is 1.44 bits per heavy atom. The summed E-state index contributed by atoms with van der Waals surface area (Å²) in [6, 6.07) is 1.76. The van der Waals surface area contributed by atoms with Crippen LogP contribution in [-0.4, -0.2) is 29.1 Å². The fraction of sp³-hybridized carbons (Fsp3) is 0.643. The minimum absolute atomic E-state index is 0.0820. The summed E-state index contributed by atoms with van der Waals surface area (Å²) in [6.07, 6.45) is 5.03. The zero-order chi connectivity index (χ0) is 13.2. The van der Waals surface area contributed by atoms with Crippen LogP contribution in [0.4, 0.5) is 0 Å². The molecule has 0 spiro atoms. The highest BCUT2D eigenvalue weighted by molar-refractivity contribution is 5.86. The molecule has 0 unspecified atom stereocenters. The highest BCUT2D eigenvalue weighted by Gasteiger charge is 2.24. The second-order valence-electron chi connectivity index (χ2n) is 5.87. The van der Waals surface area contributed by atoms with Gasteiger partial charge in [0.25, 0.3) is 0 Å². The lowest BCUT2D eigenvalue weighted by Gasteiger charge is -2.23. The number of hydrogen-bond acceptors (Lipinski definition) is 3. The number of aromatic carboxylic acids is 1. The van der Waals surface area contributed by atoms with Gasteiger partial charge < -0.3 is 9.52 Å². The minimum atomic E-state index is -0.981. The lowest BCUT2D eigenvalue weighted by Crippen LogP contribution is -2.25. The van der Waals surface area contributed by atoms with Crippen LogP contribution in [0.3, 0.4) is 0 Å². The molecule has 18 heavy (non-hydrogen) atoms. The maximum atomic E-state index is 11.0. The van der Waals surface area contributed by atoms with Gasteiger partial charge in [0.1, 0.15) is 0 Å². The van der Waals surface area contributed by atoms with Gasteiger partial charge in [-0.3, -0.25) is 4.90 Å². The lowest BCUT2D eigenvalue weighted by molar-refractivity contribution is 0.0659. The quantitative estimate of drug-likeness (QED) is 0.897.